The Morgan fingerprint density at radius 3 is 2.53 bits per heavy atom. The zero-order chi connectivity index (χ0) is 11.7. The van der Waals surface area contributed by atoms with Gasteiger partial charge >= 0.3 is 0 Å². The smallest absolute Gasteiger partial charge is 0.217 e. The van der Waals surface area contributed by atoms with Crippen molar-refractivity contribution in [2.45, 2.75) is 39.7 Å². The minimum absolute atomic E-state index is 0.0101. The van der Waals surface area contributed by atoms with Crippen molar-refractivity contribution in [3.8, 4) is 0 Å². The van der Waals surface area contributed by atoms with Crippen LogP contribution in [-0.2, 0) is 4.79 Å². The molecule has 0 aliphatic carbocycles. The molecule has 0 bridgehead atoms. The third kappa shape index (κ3) is 5.89. The largest absolute Gasteiger partial charge is 0.350 e. The molecule has 0 aliphatic heterocycles. The first-order valence-corrected chi connectivity index (χ1v) is 5.41. The number of rotatable bonds is 6. The van der Waals surface area contributed by atoms with Crippen molar-refractivity contribution in [3.05, 3.63) is 36.5 Å². The van der Waals surface area contributed by atoms with E-state index in [-0.39, 0.29) is 11.9 Å². The minimum Gasteiger partial charge on any atom is -0.350 e. The summed E-state index contributed by atoms with van der Waals surface area (Å²) in [5.41, 5.74) is 1.15. The van der Waals surface area contributed by atoms with E-state index in [1.54, 1.807) is 13.0 Å². The predicted octanol–water partition coefficient (Wildman–Crippen LogP) is 2.98. The Balaban J connectivity index is 4.69. The van der Waals surface area contributed by atoms with Gasteiger partial charge in [-0.15, -0.1) is 0 Å². The molecule has 1 unspecified atom stereocenters. The Morgan fingerprint density at radius 1 is 1.47 bits per heavy atom. The fourth-order valence-corrected chi connectivity index (χ4v) is 1.41. The van der Waals surface area contributed by atoms with E-state index in [0.717, 1.165) is 18.4 Å². The Labute approximate surface area is 92.8 Å². The molecule has 2 heteroatoms. The number of carbonyl (C=O) groups is 1. The Bertz CT molecular complexity index is 264. The van der Waals surface area contributed by atoms with Gasteiger partial charge in [0.25, 0.3) is 0 Å². The number of nitrogens with one attached hydrogen (secondary N) is 1. The number of amides is 1. The summed E-state index contributed by atoms with van der Waals surface area (Å²) in [5, 5.41) is 2.93. The first kappa shape index (κ1) is 13.7. The van der Waals surface area contributed by atoms with E-state index in [2.05, 4.69) is 31.8 Å². The van der Waals surface area contributed by atoms with Gasteiger partial charge in [0.15, 0.2) is 0 Å². The predicted molar refractivity (Wildman–Crippen MR) is 65.6 cm³/mol. The summed E-state index contributed by atoms with van der Waals surface area (Å²) in [6, 6.07) is 0.110. The van der Waals surface area contributed by atoms with Crippen LogP contribution in [0, 0.1) is 0 Å². The molecule has 0 rings (SSSR count). The molecule has 0 aromatic rings. The molecule has 84 valence electrons. The molecule has 0 saturated carbocycles. The van der Waals surface area contributed by atoms with Crippen LogP contribution in [0.3, 0.4) is 0 Å². The molecule has 1 amide bonds. The molecule has 0 saturated heterocycles. The second-order valence-corrected chi connectivity index (χ2v) is 3.37. The quantitative estimate of drug-likeness (QED) is 0.666. The van der Waals surface area contributed by atoms with E-state index < -0.39 is 0 Å². The van der Waals surface area contributed by atoms with E-state index in [4.69, 9.17) is 0 Å². The maximum Gasteiger partial charge on any atom is 0.217 e. The summed E-state index contributed by atoms with van der Waals surface area (Å²) in [4.78, 5) is 11.0. The van der Waals surface area contributed by atoms with Gasteiger partial charge in [0.05, 0.1) is 6.04 Å². The van der Waals surface area contributed by atoms with Crippen molar-refractivity contribution in [1.82, 2.24) is 5.32 Å². The van der Waals surface area contributed by atoms with E-state index in [1.807, 2.05) is 12.2 Å². The highest BCUT2D eigenvalue weighted by Gasteiger charge is 2.09. The average molecular weight is 207 g/mol. The molecule has 15 heavy (non-hydrogen) atoms. The molecule has 0 aromatic carbocycles. The van der Waals surface area contributed by atoms with Gasteiger partial charge in [-0.2, -0.15) is 0 Å². The SMILES string of the molecule is C=C/C=C\C(=C/CC)C(CC)NC(C)=O. The summed E-state index contributed by atoms with van der Waals surface area (Å²) in [5.74, 6) is 0.0101. The van der Waals surface area contributed by atoms with E-state index in [1.165, 1.54) is 0 Å². The zero-order valence-corrected chi connectivity index (χ0v) is 9.92. The van der Waals surface area contributed by atoms with Crippen LogP contribution in [0.15, 0.2) is 36.5 Å². The van der Waals surface area contributed by atoms with E-state index >= 15 is 0 Å². The third-order valence-corrected chi connectivity index (χ3v) is 2.05. The normalized spacial score (nSPS) is 13.9. The molecule has 1 N–H and O–H groups in total. The lowest BCUT2D eigenvalue weighted by Crippen LogP contribution is -2.33. The van der Waals surface area contributed by atoms with Gasteiger partial charge in [0.2, 0.25) is 5.91 Å². The molecule has 1 atom stereocenters. The lowest BCUT2D eigenvalue weighted by atomic mass is 10.0. The molecule has 0 fully saturated rings. The van der Waals surface area contributed by atoms with Crippen molar-refractivity contribution in [2.75, 3.05) is 0 Å². The Kier molecular flexibility index (Phi) is 7.33. The second kappa shape index (κ2) is 8.04. The van der Waals surface area contributed by atoms with Crippen molar-refractivity contribution in [3.63, 3.8) is 0 Å². The van der Waals surface area contributed by atoms with Crippen molar-refractivity contribution in [1.29, 1.82) is 0 Å². The average Bonchev–Trinajstić information content (AvgIpc) is 2.20. The minimum atomic E-state index is 0.0101. The molecule has 0 aliphatic rings. The van der Waals surface area contributed by atoms with E-state index in [9.17, 15) is 4.79 Å². The van der Waals surface area contributed by atoms with Gasteiger partial charge in [-0.05, 0) is 18.4 Å². The van der Waals surface area contributed by atoms with Gasteiger partial charge < -0.3 is 5.32 Å². The molecule has 0 aromatic heterocycles. The zero-order valence-electron chi connectivity index (χ0n) is 9.92. The maximum absolute atomic E-state index is 11.0. The van der Waals surface area contributed by atoms with Crippen LogP contribution < -0.4 is 5.32 Å². The van der Waals surface area contributed by atoms with Crippen LogP contribution in [0.1, 0.15) is 33.6 Å². The fraction of sp³-hybridized carbons (Fsp3) is 0.462. The summed E-state index contributed by atoms with van der Waals surface area (Å²) < 4.78 is 0. The number of hydrogen-bond donors (Lipinski definition) is 1. The molecule has 0 radical (unpaired) electrons. The van der Waals surface area contributed by atoms with Crippen LogP contribution >= 0.6 is 0 Å². The standard InChI is InChI=1S/C13H21NO/c1-5-8-10-12(9-6-2)13(7-3)14-11(4)15/h5,8-10,13H,1,6-7H2,2-4H3,(H,14,15)/b10-8-,12-9+. The summed E-state index contributed by atoms with van der Waals surface area (Å²) in [6.07, 6.45) is 9.63. The topological polar surface area (TPSA) is 29.1 Å². The van der Waals surface area contributed by atoms with Crippen molar-refractivity contribution in [2.24, 2.45) is 0 Å². The van der Waals surface area contributed by atoms with Gasteiger partial charge in [-0.25, -0.2) is 0 Å². The van der Waals surface area contributed by atoms with Crippen LogP contribution in [-0.4, -0.2) is 11.9 Å². The summed E-state index contributed by atoms with van der Waals surface area (Å²) in [6.45, 7) is 9.33. The lowest BCUT2D eigenvalue weighted by molar-refractivity contribution is -0.119. The van der Waals surface area contributed by atoms with Crippen LogP contribution in [0.2, 0.25) is 0 Å². The molecule has 0 heterocycles. The highest BCUT2D eigenvalue weighted by atomic mass is 16.1. The number of carbonyl (C=O) groups excluding carboxylic acids is 1. The van der Waals surface area contributed by atoms with E-state index in [0.29, 0.717) is 0 Å². The van der Waals surface area contributed by atoms with Crippen molar-refractivity contribution >= 4 is 5.91 Å². The molecule has 2 nitrogen and oxygen atoms in total. The maximum atomic E-state index is 11.0. The van der Waals surface area contributed by atoms with Crippen LogP contribution in [0.4, 0.5) is 0 Å². The van der Waals surface area contributed by atoms with Gasteiger partial charge in [-0.1, -0.05) is 44.7 Å². The summed E-state index contributed by atoms with van der Waals surface area (Å²) >= 11 is 0. The second-order valence-electron chi connectivity index (χ2n) is 3.37. The highest BCUT2D eigenvalue weighted by molar-refractivity contribution is 5.73. The van der Waals surface area contributed by atoms with Crippen LogP contribution in [0.25, 0.3) is 0 Å². The molecular formula is C13H21NO. The molecular weight excluding hydrogens is 186 g/mol. The van der Waals surface area contributed by atoms with Crippen LogP contribution in [0.5, 0.6) is 0 Å². The third-order valence-electron chi connectivity index (χ3n) is 2.05. The monoisotopic (exact) mass is 207 g/mol. The lowest BCUT2D eigenvalue weighted by Gasteiger charge is -2.17. The highest BCUT2D eigenvalue weighted by Crippen LogP contribution is 2.09. The fourth-order valence-electron chi connectivity index (χ4n) is 1.41. The number of allylic oxidation sites excluding steroid dienone is 3. The first-order valence-electron chi connectivity index (χ1n) is 5.41. The Morgan fingerprint density at radius 2 is 2.13 bits per heavy atom. The Hall–Kier alpha value is -1.31. The summed E-state index contributed by atoms with van der Waals surface area (Å²) in [7, 11) is 0. The van der Waals surface area contributed by atoms with Gasteiger partial charge in [-0.3, -0.25) is 4.79 Å². The van der Waals surface area contributed by atoms with Gasteiger partial charge in [0, 0.05) is 6.92 Å². The molecule has 0 spiro atoms. The van der Waals surface area contributed by atoms with Gasteiger partial charge in [0.1, 0.15) is 0 Å². The van der Waals surface area contributed by atoms with Crippen molar-refractivity contribution < 1.29 is 4.79 Å². The first-order chi connectivity index (χ1) is 7.15. The number of hydrogen-bond acceptors (Lipinski definition) is 1.